The molecule has 0 unspecified atom stereocenters. The zero-order chi connectivity index (χ0) is 10.9. The first-order valence-electron chi connectivity index (χ1n) is 3.39. The normalized spacial score (nSPS) is 11.5. The third-order valence-corrected chi connectivity index (χ3v) is 1.72. The standard InChI is InChI=1S/C8H3ClF4O/c9-7(14)4-1-2-5(6(10)3-4)8(11,12)13/h1-3H. The number of benzene rings is 1. The molecule has 76 valence electrons. The van der Waals surface area contributed by atoms with Gasteiger partial charge in [-0.2, -0.15) is 13.2 Å². The molecule has 0 aromatic heterocycles. The van der Waals surface area contributed by atoms with E-state index in [1.54, 1.807) is 0 Å². The molecule has 0 bridgehead atoms. The second kappa shape index (κ2) is 3.57. The number of hydrogen-bond acceptors (Lipinski definition) is 1. The maximum absolute atomic E-state index is 12.8. The molecular weight excluding hydrogens is 224 g/mol. The first-order chi connectivity index (χ1) is 6.32. The molecule has 14 heavy (non-hydrogen) atoms. The quantitative estimate of drug-likeness (QED) is 0.531. The lowest BCUT2D eigenvalue weighted by atomic mass is 10.1. The predicted molar refractivity (Wildman–Crippen MR) is 41.6 cm³/mol. The van der Waals surface area contributed by atoms with Crippen molar-refractivity contribution in [2.24, 2.45) is 0 Å². The van der Waals surface area contributed by atoms with Gasteiger partial charge in [0.15, 0.2) is 0 Å². The molecule has 0 spiro atoms. The Labute approximate surface area is 81.3 Å². The average Bonchev–Trinajstić information content (AvgIpc) is 2.01. The van der Waals surface area contributed by atoms with E-state index in [2.05, 4.69) is 0 Å². The minimum Gasteiger partial charge on any atom is -0.276 e. The van der Waals surface area contributed by atoms with Crippen LogP contribution in [-0.2, 0) is 6.18 Å². The molecule has 0 atom stereocenters. The summed E-state index contributed by atoms with van der Waals surface area (Å²) in [6.07, 6.45) is -4.77. The molecule has 0 N–H and O–H groups in total. The molecule has 0 fully saturated rings. The van der Waals surface area contributed by atoms with Crippen LogP contribution < -0.4 is 0 Å². The monoisotopic (exact) mass is 226 g/mol. The van der Waals surface area contributed by atoms with E-state index in [0.717, 1.165) is 6.07 Å². The van der Waals surface area contributed by atoms with E-state index in [0.29, 0.717) is 12.1 Å². The van der Waals surface area contributed by atoms with Crippen LogP contribution >= 0.6 is 11.6 Å². The SMILES string of the molecule is O=C(Cl)c1ccc(C(F)(F)F)c(F)c1. The molecule has 0 aliphatic heterocycles. The van der Waals surface area contributed by atoms with Crippen LogP contribution in [0.2, 0.25) is 0 Å². The molecule has 1 nitrogen and oxygen atoms in total. The maximum Gasteiger partial charge on any atom is 0.419 e. The van der Waals surface area contributed by atoms with Gasteiger partial charge in [-0.15, -0.1) is 0 Å². The molecule has 0 aliphatic carbocycles. The highest BCUT2D eigenvalue weighted by Gasteiger charge is 2.34. The number of carbonyl (C=O) groups is 1. The van der Waals surface area contributed by atoms with Crippen molar-refractivity contribution >= 4 is 16.8 Å². The number of carbonyl (C=O) groups excluding carboxylic acids is 1. The van der Waals surface area contributed by atoms with Gasteiger partial charge < -0.3 is 0 Å². The minimum atomic E-state index is -4.77. The summed E-state index contributed by atoms with van der Waals surface area (Å²) >= 11 is 4.95. The largest absolute Gasteiger partial charge is 0.419 e. The van der Waals surface area contributed by atoms with Crippen LogP contribution in [-0.4, -0.2) is 5.24 Å². The third kappa shape index (κ3) is 2.23. The van der Waals surface area contributed by atoms with E-state index in [4.69, 9.17) is 11.6 Å². The molecule has 6 heteroatoms. The lowest BCUT2D eigenvalue weighted by molar-refractivity contribution is -0.140. The summed E-state index contributed by atoms with van der Waals surface area (Å²) in [5.41, 5.74) is -1.73. The van der Waals surface area contributed by atoms with E-state index in [9.17, 15) is 22.4 Å². The van der Waals surface area contributed by atoms with Crippen molar-refractivity contribution in [2.45, 2.75) is 6.18 Å². The molecule has 0 radical (unpaired) electrons. The molecule has 0 saturated carbocycles. The van der Waals surface area contributed by atoms with Crippen LogP contribution in [0.15, 0.2) is 18.2 Å². The molecular formula is C8H3ClF4O. The fourth-order valence-electron chi connectivity index (χ4n) is 0.867. The van der Waals surface area contributed by atoms with E-state index in [1.165, 1.54) is 0 Å². The van der Waals surface area contributed by atoms with Gasteiger partial charge in [0.25, 0.3) is 5.24 Å². The number of rotatable bonds is 1. The average molecular weight is 227 g/mol. The van der Waals surface area contributed by atoms with Crippen molar-refractivity contribution in [3.8, 4) is 0 Å². The highest BCUT2D eigenvalue weighted by Crippen LogP contribution is 2.31. The zero-order valence-corrected chi connectivity index (χ0v) is 7.29. The van der Waals surface area contributed by atoms with Gasteiger partial charge in [-0.3, -0.25) is 4.79 Å². The molecule has 0 heterocycles. The fraction of sp³-hybridized carbons (Fsp3) is 0.125. The van der Waals surface area contributed by atoms with Crippen LogP contribution in [0.3, 0.4) is 0 Å². The van der Waals surface area contributed by atoms with Crippen molar-refractivity contribution in [1.29, 1.82) is 0 Å². The van der Waals surface area contributed by atoms with Crippen LogP contribution in [0.5, 0.6) is 0 Å². The Hall–Kier alpha value is -1.10. The minimum absolute atomic E-state index is 0.308. The van der Waals surface area contributed by atoms with Crippen molar-refractivity contribution in [2.75, 3.05) is 0 Å². The smallest absolute Gasteiger partial charge is 0.276 e. The summed E-state index contributed by atoms with van der Waals surface area (Å²) in [6, 6.07) is 1.75. The second-order valence-electron chi connectivity index (χ2n) is 2.47. The molecule has 1 rings (SSSR count). The Balaban J connectivity index is 3.21. The van der Waals surface area contributed by atoms with Gasteiger partial charge in [0, 0.05) is 5.56 Å². The Morgan fingerprint density at radius 2 is 1.86 bits per heavy atom. The van der Waals surface area contributed by atoms with Crippen LogP contribution in [0.25, 0.3) is 0 Å². The molecule has 1 aromatic rings. The highest BCUT2D eigenvalue weighted by molar-refractivity contribution is 6.67. The van der Waals surface area contributed by atoms with Gasteiger partial charge in [0.2, 0.25) is 0 Å². The molecule has 0 saturated heterocycles. The Bertz CT molecular complexity index is 372. The van der Waals surface area contributed by atoms with Gasteiger partial charge in [0.05, 0.1) is 5.56 Å². The van der Waals surface area contributed by atoms with E-state index in [1.807, 2.05) is 0 Å². The fourth-order valence-corrected chi connectivity index (χ4v) is 0.985. The number of hydrogen-bond donors (Lipinski definition) is 0. The zero-order valence-electron chi connectivity index (χ0n) is 6.53. The molecule has 0 amide bonds. The number of halogens is 5. The van der Waals surface area contributed by atoms with Crippen molar-refractivity contribution in [3.05, 3.63) is 35.1 Å². The van der Waals surface area contributed by atoms with E-state index in [-0.39, 0.29) is 5.56 Å². The van der Waals surface area contributed by atoms with Gasteiger partial charge in [-0.1, -0.05) is 0 Å². The van der Waals surface area contributed by atoms with Crippen molar-refractivity contribution in [1.82, 2.24) is 0 Å². The van der Waals surface area contributed by atoms with Gasteiger partial charge in [-0.05, 0) is 29.8 Å². The van der Waals surface area contributed by atoms with E-state index >= 15 is 0 Å². The Morgan fingerprint density at radius 3 is 2.21 bits per heavy atom. The van der Waals surface area contributed by atoms with Crippen LogP contribution in [0.4, 0.5) is 17.6 Å². The third-order valence-electron chi connectivity index (χ3n) is 1.50. The van der Waals surface area contributed by atoms with Crippen LogP contribution in [0, 0.1) is 5.82 Å². The summed E-state index contributed by atoms with van der Waals surface area (Å²) in [7, 11) is 0. The van der Waals surface area contributed by atoms with Crippen molar-refractivity contribution in [3.63, 3.8) is 0 Å². The van der Waals surface area contributed by atoms with Gasteiger partial charge >= 0.3 is 6.18 Å². The molecule has 0 aliphatic rings. The topological polar surface area (TPSA) is 17.1 Å². The lowest BCUT2D eigenvalue weighted by Gasteiger charge is -2.07. The number of alkyl halides is 3. The van der Waals surface area contributed by atoms with Crippen LogP contribution in [0.1, 0.15) is 15.9 Å². The Morgan fingerprint density at radius 1 is 1.29 bits per heavy atom. The first kappa shape index (κ1) is 11.0. The van der Waals surface area contributed by atoms with Gasteiger partial charge in [-0.25, -0.2) is 4.39 Å². The first-order valence-corrected chi connectivity index (χ1v) is 3.77. The lowest BCUT2D eigenvalue weighted by Crippen LogP contribution is -2.08. The highest BCUT2D eigenvalue weighted by atomic mass is 35.5. The van der Waals surface area contributed by atoms with Gasteiger partial charge in [0.1, 0.15) is 5.82 Å². The Kier molecular flexibility index (Phi) is 2.80. The summed E-state index contributed by atoms with van der Waals surface area (Å²) in [6.45, 7) is 0. The van der Waals surface area contributed by atoms with Crippen molar-refractivity contribution < 1.29 is 22.4 Å². The second-order valence-corrected chi connectivity index (χ2v) is 2.81. The molecule has 1 aromatic carbocycles. The predicted octanol–water partition coefficient (Wildman–Crippen LogP) is 3.22. The summed E-state index contributed by atoms with van der Waals surface area (Å²) < 4.78 is 48.8. The maximum atomic E-state index is 12.8. The summed E-state index contributed by atoms with van der Waals surface area (Å²) in [4.78, 5) is 10.5. The summed E-state index contributed by atoms with van der Waals surface area (Å²) in [5.74, 6) is -1.51. The van der Waals surface area contributed by atoms with E-state index < -0.39 is 22.8 Å². The summed E-state index contributed by atoms with van der Waals surface area (Å²) in [5, 5.41) is -1.00.